The molecule has 3 aliphatic rings. The van der Waals surface area contributed by atoms with E-state index in [4.69, 9.17) is 5.11 Å². The Morgan fingerprint density at radius 1 is 1.15 bits per heavy atom. The third-order valence-electron chi connectivity index (χ3n) is 6.00. The number of nitrogens with one attached hydrogen (secondary N) is 1. The molecule has 0 aromatic heterocycles. The van der Waals surface area contributed by atoms with Crippen molar-refractivity contribution in [1.29, 1.82) is 0 Å². The number of benzene rings is 1. The lowest BCUT2D eigenvalue weighted by atomic mass is 9.61. The van der Waals surface area contributed by atoms with Crippen LogP contribution in [0.1, 0.15) is 48.9 Å². The molecule has 2 N–H and O–H groups in total. The zero-order chi connectivity index (χ0) is 18.3. The molecule has 3 unspecified atom stereocenters. The quantitative estimate of drug-likeness (QED) is 0.836. The summed E-state index contributed by atoms with van der Waals surface area (Å²) < 4.78 is 13.8. The van der Waals surface area contributed by atoms with E-state index in [1.807, 2.05) is 6.08 Å². The van der Waals surface area contributed by atoms with Gasteiger partial charge in [0.05, 0.1) is 5.56 Å². The van der Waals surface area contributed by atoms with Gasteiger partial charge in [0.15, 0.2) is 0 Å². The third kappa shape index (κ3) is 3.06. The Hall–Kier alpha value is -2.43. The minimum Gasteiger partial charge on any atom is -0.478 e. The van der Waals surface area contributed by atoms with Crippen molar-refractivity contribution in [2.75, 3.05) is 5.32 Å². The highest BCUT2D eigenvalue weighted by Gasteiger charge is 2.39. The third-order valence-corrected chi connectivity index (χ3v) is 6.00. The number of halogens is 1. The van der Waals surface area contributed by atoms with Crippen LogP contribution in [0.15, 0.2) is 41.5 Å². The second-order valence-corrected chi connectivity index (χ2v) is 7.57. The second-order valence-electron chi connectivity index (χ2n) is 7.57. The fourth-order valence-corrected chi connectivity index (χ4v) is 4.91. The predicted molar refractivity (Wildman–Crippen MR) is 96.3 cm³/mol. The lowest BCUT2D eigenvalue weighted by Crippen LogP contribution is -2.34. The highest BCUT2D eigenvalue weighted by Crippen LogP contribution is 2.49. The number of amides is 1. The fraction of sp³-hybridized carbons (Fsp3) is 0.429. The van der Waals surface area contributed by atoms with Gasteiger partial charge in [-0.15, -0.1) is 0 Å². The van der Waals surface area contributed by atoms with Crippen molar-refractivity contribution in [3.8, 4) is 0 Å². The number of anilines is 1. The zero-order valence-corrected chi connectivity index (χ0v) is 14.5. The molecule has 0 spiro atoms. The molecule has 1 amide bonds. The number of aromatic carboxylic acids is 1. The maximum atomic E-state index is 13.8. The minimum atomic E-state index is -1.32. The van der Waals surface area contributed by atoms with E-state index in [0.717, 1.165) is 24.8 Å². The fourth-order valence-electron chi connectivity index (χ4n) is 4.91. The van der Waals surface area contributed by atoms with Crippen LogP contribution in [0.25, 0.3) is 0 Å². The number of carboxylic acids is 1. The molecule has 0 heterocycles. The van der Waals surface area contributed by atoms with Gasteiger partial charge >= 0.3 is 5.97 Å². The van der Waals surface area contributed by atoms with Gasteiger partial charge in [-0.1, -0.05) is 24.1 Å². The van der Waals surface area contributed by atoms with Crippen LogP contribution in [0.4, 0.5) is 10.1 Å². The summed E-state index contributed by atoms with van der Waals surface area (Å²) in [5.41, 5.74) is 1.90. The Morgan fingerprint density at radius 2 is 1.96 bits per heavy atom. The van der Waals surface area contributed by atoms with Crippen LogP contribution in [0.5, 0.6) is 0 Å². The summed E-state index contributed by atoms with van der Waals surface area (Å²) in [6.07, 6.45) is 11.3. The SMILES string of the molecule is O=C(Nc1ccc(C(=O)O)c(F)c1)C1=CC2CCCC3CCCC(=C1)C23. The molecule has 3 aliphatic carbocycles. The normalized spacial score (nSPS) is 27.0. The molecule has 4 nitrogen and oxygen atoms in total. The molecule has 1 aromatic rings. The second kappa shape index (κ2) is 6.71. The molecule has 0 saturated heterocycles. The lowest BCUT2D eigenvalue weighted by molar-refractivity contribution is -0.112. The minimum absolute atomic E-state index is 0.258. The van der Waals surface area contributed by atoms with Gasteiger partial charge in [-0.05, 0) is 68.1 Å². The first-order valence-corrected chi connectivity index (χ1v) is 9.29. The zero-order valence-electron chi connectivity index (χ0n) is 14.5. The summed E-state index contributed by atoms with van der Waals surface area (Å²) in [7, 11) is 0. The van der Waals surface area contributed by atoms with E-state index >= 15 is 0 Å². The molecule has 0 bridgehead atoms. The van der Waals surface area contributed by atoms with Crippen molar-refractivity contribution < 1.29 is 19.1 Å². The molecule has 136 valence electrons. The van der Waals surface area contributed by atoms with Gasteiger partial charge in [0.25, 0.3) is 5.91 Å². The Bertz CT molecular complexity index is 825. The van der Waals surface area contributed by atoms with Crippen molar-refractivity contribution in [2.24, 2.45) is 17.8 Å². The Kier molecular flexibility index (Phi) is 4.39. The van der Waals surface area contributed by atoms with Crippen LogP contribution in [0.2, 0.25) is 0 Å². The van der Waals surface area contributed by atoms with Gasteiger partial charge in [0.1, 0.15) is 5.82 Å². The maximum absolute atomic E-state index is 13.8. The van der Waals surface area contributed by atoms with Crippen molar-refractivity contribution in [1.82, 2.24) is 0 Å². The highest BCUT2D eigenvalue weighted by molar-refractivity contribution is 6.06. The summed E-state index contributed by atoms with van der Waals surface area (Å²) in [5, 5.41) is 11.6. The van der Waals surface area contributed by atoms with Crippen LogP contribution in [-0.2, 0) is 4.79 Å². The highest BCUT2D eigenvalue weighted by atomic mass is 19.1. The van der Waals surface area contributed by atoms with Crippen LogP contribution >= 0.6 is 0 Å². The molecular formula is C21H22FNO3. The first-order chi connectivity index (χ1) is 12.5. The summed E-state index contributed by atoms with van der Waals surface area (Å²) in [6.45, 7) is 0. The molecule has 26 heavy (non-hydrogen) atoms. The van der Waals surface area contributed by atoms with Gasteiger partial charge in [-0.3, -0.25) is 4.79 Å². The first kappa shape index (κ1) is 17.0. The van der Waals surface area contributed by atoms with Crippen LogP contribution in [0, 0.1) is 23.6 Å². The number of carbonyl (C=O) groups excluding carboxylic acids is 1. The van der Waals surface area contributed by atoms with E-state index in [1.54, 1.807) is 0 Å². The first-order valence-electron chi connectivity index (χ1n) is 9.29. The summed E-state index contributed by atoms with van der Waals surface area (Å²) in [4.78, 5) is 23.6. The van der Waals surface area contributed by atoms with Crippen LogP contribution < -0.4 is 5.32 Å². The molecule has 2 fully saturated rings. The molecule has 3 atom stereocenters. The molecule has 2 saturated carbocycles. The molecule has 0 aliphatic heterocycles. The average molecular weight is 355 g/mol. The van der Waals surface area contributed by atoms with Crippen molar-refractivity contribution >= 4 is 17.6 Å². The van der Waals surface area contributed by atoms with Gasteiger partial charge in [0.2, 0.25) is 0 Å². The molecular weight excluding hydrogens is 333 g/mol. The van der Waals surface area contributed by atoms with Crippen molar-refractivity contribution in [3.63, 3.8) is 0 Å². The number of rotatable bonds is 3. The summed E-state index contributed by atoms with van der Waals surface area (Å²) >= 11 is 0. The maximum Gasteiger partial charge on any atom is 0.338 e. The molecule has 1 aromatic carbocycles. The van der Waals surface area contributed by atoms with Crippen molar-refractivity contribution in [2.45, 2.75) is 38.5 Å². The largest absolute Gasteiger partial charge is 0.478 e. The molecule has 0 radical (unpaired) electrons. The van der Waals surface area contributed by atoms with E-state index in [2.05, 4.69) is 11.4 Å². The van der Waals surface area contributed by atoms with Gasteiger partial charge in [0, 0.05) is 11.3 Å². The Balaban J connectivity index is 1.54. The topological polar surface area (TPSA) is 66.4 Å². The number of hydrogen-bond acceptors (Lipinski definition) is 2. The van der Waals surface area contributed by atoms with Crippen LogP contribution in [0.3, 0.4) is 0 Å². The Morgan fingerprint density at radius 3 is 2.73 bits per heavy atom. The number of allylic oxidation sites excluding steroid dienone is 2. The van der Waals surface area contributed by atoms with E-state index in [0.29, 0.717) is 17.4 Å². The smallest absolute Gasteiger partial charge is 0.338 e. The lowest BCUT2D eigenvalue weighted by Gasteiger charge is -2.44. The van der Waals surface area contributed by atoms with E-state index in [9.17, 15) is 14.0 Å². The molecule has 4 rings (SSSR count). The number of carboxylic acid groups (broad SMARTS) is 1. The standard InChI is InChI=1S/C21H22FNO3/c22-18-11-16(7-8-17(18)21(25)26)23-20(24)15-9-13-5-1-3-12-4-2-6-14(10-15)19(12)13/h7-13,19H,1-6H2,(H,23,24)(H,25,26). The van der Waals surface area contributed by atoms with E-state index in [-0.39, 0.29) is 11.6 Å². The van der Waals surface area contributed by atoms with E-state index in [1.165, 1.54) is 43.4 Å². The van der Waals surface area contributed by atoms with Gasteiger partial charge < -0.3 is 10.4 Å². The number of carbonyl (C=O) groups is 2. The van der Waals surface area contributed by atoms with Crippen LogP contribution in [-0.4, -0.2) is 17.0 Å². The predicted octanol–water partition coefficient (Wildman–Crippen LogP) is 4.55. The summed E-state index contributed by atoms with van der Waals surface area (Å²) in [6, 6.07) is 3.64. The average Bonchev–Trinajstić information content (AvgIpc) is 2.62. The monoisotopic (exact) mass is 355 g/mol. The summed E-state index contributed by atoms with van der Waals surface area (Å²) in [5.74, 6) is -0.648. The van der Waals surface area contributed by atoms with Gasteiger partial charge in [-0.2, -0.15) is 0 Å². The molecule has 5 heteroatoms. The number of hydrogen-bond donors (Lipinski definition) is 2. The van der Waals surface area contributed by atoms with Gasteiger partial charge in [-0.25, -0.2) is 9.18 Å². The Labute approximate surface area is 151 Å². The van der Waals surface area contributed by atoms with Crippen molar-refractivity contribution in [3.05, 3.63) is 52.9 Å². The van der Waals surface area contributed by atoms with E-state index < -0.39 is 17.3 Å².